The molecule has 0 radical (unpaired) electrons. The van der Waals surface area contributed by atoms with Crippen molar-refractivity contribution in [3.05, 3.63) is 83.4 Å². The lowest BCUT2D eigenvalue weighted by Crippen LogP contribution is -2.64. The van der Waals surface area contributed by atoms with Crippen LogP contribution < -0.4 is 21.1 Å². The molecule has 3 rings (SSSR count). The molecule has 236 valence electrons. The van der Waals surface area contributed by atoms with E-state index in [0.717, 1.165) is 36.4 Å². The monoisotopic (exact) mass is 686 g/mol. The van der Waals surface area contributed by atoms with Gasteiger partial charge in [-0.15, -0.1) is 0 Å². The van der Waals surface area contributed by atoms with Gasteiger partial charge >= 0.3 is 27.1 Å². The van der Waals surface area contributed by atoms with Crippen molar-refractivity contribution in [1.82, 2.24) is 0 Å². The van der Waals surface area contributed by atoms with Gasteiger partial charge in [-0.2, -0.15) is 39.5 Å². The van der Waals surface area contributed by atoms with E-state index in [2.05, 4.69) is 0 Å². The third-order valence-electron chi connectivity index (χ3n) is 5.96. The van der Waals surface area contributed by atoms with Crippen LogP contribution in [0, 0.1) is 0 Å². The second kappa shape index (κ2) is 12.1. The summed E-state index contributed by atoms with van der Waals surface area (Å²) in [5, 5.41) is 1.08. The first-order chi connectivity index (χ1) is 19.3. The van der Waals surface area contributed by atoms with Crippen molar-refractivity contribution < 1.29 is 47.7 Å². The maximum absolute atomic E-state index is 14.1. The molecule has 0 amide bonds. The van der Waals surface area contributed by atoms with Crippen LogP contribution in [0.15, 0.2) is 66.7 Å². The zero-order chi connectivity index (χ0) is 32.8. The number of hydrogen-bond acceptors (Lipinski definition) is 2. The number of benzene rings is 3. The molecular formula is C28H32F9O2PSi3. The Hall–Kier alpha value is -1.97. The molecule has 0 aliphatic rings. The molecule has 0 spiro atoms. The van der Waals surface area contributed by atoms with Crippen molar-refractivity contribution >= 4 is 54.2 Å². The second-order valence-corrected chi connectivity index (χ2v) is 26.7. The SMILES string of the molecule is C[Si](C)(C)O[Si](C)(O[Si](C)(C)C)c1cc(C(F)(F)F)ccc1P(c1ccc(C(F)(F)F)cc1)c1ccc(C(F)(F)F)cc1. The van der Waals surface area contributed by atoms with E-state index in [1.807, 2.05) is 39.3 Å². The zero-order valence-corrected chi connectivity index (χ0v) is 28.4. The van der Waals surface area contributed by atoms with Crippen molar-refractivity contribution in [3.8, 4) is 0 Å². The molecule has 0 aliphatic heterocycles. The van der Waals surface area contributed by atoms with Crippen LogP contribution in [0.4, 0.5) is 39.5 Å². The van der Waals surface area contributed by atoms with Crippen molar-refractivity contribution in [2.24, 2.45) is 0 Å². The predicted octanol–water partition coefficient (Wildman–Crippen LogP) is 8.48. The minimum atomic E-state index is -4.73. The largest absolute Gasteiger partial charge is 0.433 e. The fourth-order valence-corrected chi connectivity index (χ4v) is 19.6. The maximum Gasteiger partial charge on any atom is 0.416 e. The van der Waals surface area contributed by atoms with Crippen molar-refractivity contribution in [3.63, 3.8) is 0 Å². The normalized spacial score (nSPS) is 14.0. The van der Waals surface area contributed by atoms with Gasteiger partial charge in [0.2, 0.25) is 0 Å². The summed E-state index contributed by atoms with van der Waals surface area (Å²) in [6.45, 7) is 12.9. The fraction of sp³-hybridized carbons (Fsp3) is 0.357. The van der Waals surface area contributed by atoms with Crippen LogP contribution in [0.3, 0.4) is 0 Å². The Bertz CT molecular complexity index is 1340. The molecule has 15 heteroatoms. The van der Waals surface area contributed by atoms with E-state index in [4.69, 9.17) is 8.23 Å². The molecule has 0 aromatic heterocycles. The minimum Gasteiger partial charge on any atom is -0.433 e. The molecule has 2 nitrogen and oxygen atoms in total. The van der Waals surface area contributed by atoms with Gasteiger partial charge in [0, 0.05) is 5.19 Å². The molecule has 0 unspecified atom stereocenters. The Labute approximate surface area is 249 Å². The lowest BCUT2D eigenvalue weighted by atomic mass is 10.2. The number of halogens is 9. The van der Waals surface area contributed by atoms with E-state index in [9.17, 15) is 39.5 Å². The Morgan fingerprint density at radius 1 is 0.488 bits per heavy atom. The smallest absolute Gasteiger partial charge is 0.416 e. The van der Waals surface area contributed by atoms with Crippen molar-refractivity contribution in [2.45, 2.75) is 64.4 Å². The van der Waals surface area contributed by atoms with E-state index in [-0.39, 0.29) is 5.19 Å². The Morgan fingerprint density at radius 2 is 0.814 bits per heavy atom. The molecule has 0 saturated heterocycles. The number of rotatable bonds is 8. The summed E-state index contributed by atoms with van der Waals surface area (Å²) in [6, 6.07) is 11.4. The first-order valence-electron chi connectivity index (χ1n) is 13.1. The molecule has 3 aromatic carbocycles. The summed E-state index contributed by atoms with van der Waals surface area (Å²) < 4.78 is 136. The van der Waals surface area contributed by atoms with Gasteiger partial charge < -0.3 is 8.23 Å². The number of hydrogen-bond donors (Lipinski definition) is 0. The van der Waals surface area contributed by atoms with Crippen LogP contribution >= 0.6 is 7.92 Å². The number of alkyl halides is 9. The Balaban J connectivity index is 2.42. The molecule has 0 heterocycles. The van der Waals surface area contributed by atoms with Gasteiger partial charge in [-0.25, -0.2) is 0 Å². The highest BCUT2D eigenvalue weighted by Gasteiger charge is 2.46. The van der Waals surface area contributed by atoms with Crippen LogP contribution in [0.2, 0.25) is 45.8 Å². The highest BCUT2D eigenvalue weighted by Crippen LogP contribution is 2.38. The van der Waals surface area contributed by atoms with Crippen LogP contribution in [0.1, 0.15) is 16.7 Å². The third-order valence-corrected chi connectivity index (χ3v) is 18.1. The second-order valence-electron chi connectivity index (χ2n) is 12.0. The summed E-state index contributed by atoms with van der Waals surface area (Å²) in [7, 11) is -10.6. The van der Waals surface area contributed by atoms with Gasteiger partial charge in [0.1, 0.15) is 0 Å². The summed E-state index contributed by atoms with van der Waals surface area (Å²) in [4.78, 5) is 0. The van der Waals surface area contributed by atoms with Gasteiger partial charge in [-0.3, -0.25) is 0 Å². The van der Waals surface area contributed by atoms with E-state index in [1.54, 1.807) is 6.55 Å². The molecule has 0 saturated carbocycles. The van der Waals surface area contributed by atoms with Crippen molar-refractivity contribution in [1.29, 1.82) is 0 Å². The summed E-state index contributed by atoms with van der Waals surface area (Å²) in [5.41, 5.74) is -2.83. The Morgan fingerprint density at radius 3 is 1.12 bits per heavy atom. The quantitative estimate of drug-likeness (QED) is 0.135. The van der Waals surface area contributed by atoms with Gasteiger partial charge in [-0.1, -0.05) is 30.3 Å². The predicted molar refractivity (Wildman–Crippen MR) is 160 cm³/mol. The molecule has 0 atom stereocenters. The van der Waals surface area contributed by atoms with Crippen LogP contribution in [0.25, 0.3) is 0 Å². The molecule has 0 bridgehead atoms. The van der Waals surface area contributed by atoms with Crippen LogP contribution in [-0.2, 0) is 26.8 Å². The minimum absolute atomic E-state index is 0.151. The topological polar surface area (TPSA) is 18.5 Å². The molecule has 0 fully saturated rings. The summed E-state index contributed by atoms with van der Waals surface area (Å²) in [6.07, 6.45) is -14.0. The highest BCUT2D eigenvalue weighted by molar-refractivity contribution is 7.80. The van der Waals surface area contributed by atoms with Crippen LogP contribution in [-0.4, -0.2) is 25.2 Å². The first kappa shape index (κ1) is 35.5. The Kier molecular flexibility index (Phi) is 9.98. The van der Waals surface area contributed by atoms with E-state index < -0.39 is 68.3 Å². The third kappa shape index (κ3) is 9.27. The standard InChI is InChI=1S/C28H32F9O2PSi3/c1-41(2,3)38-43(7,39-42(4,5)6)25-18-21(28(35,36)37)12-17-24(25)40(22-13-8-19(9-14-22)26(29,30)31)23-15-10-20(11-16-23)27(32,33)34/h8-18H,1-7H3. The summed E-state index contributed by atoms with van der Waals surface area (Å²) in [5.74, 6) is 0. The molecule has 0 N–H and O–H groups in total. The molecular weight excluding hydrogens is 655 g/mol. The average molecular weight is 687 g/mol. The zero-order valence-electron chi connectivity index (χ0n) is 24.5. The van der Waals surface area contributed by atoms with Gasteiger partial charge in [-0.05, 0) is 106 Å². The summed E-state index contributed by atoms with van der Waals surface area (Å²) >= 11 is 0. The average Bonchev–Trinajstić information content (AvgIpc) is 2.81. The highest BCUT2D eigenvalue weighted by atomic mass is 31.1. The van der Waals surface area contributed by atoms with Gasteiger partial charge in [0.05, 0.1) is 16.7 Å². The van der Waals surface area contributed by atoms with Crippen molar-refractivity contribution in [2.75, 3.05) is 0 Å². The maximum atomic E-state index is 14.1. The van der Waals surface area contributed by atoms with Gasteiger partial charge in [0.15, 0.2) is 16.6 Å². The van der Waals surface area contributed by atoms with E-state index in [0.29, 0.717) is 15.9 Å². The van der Waals surface area contributed by atoms with E-state index >= 15 is 0 Å². The lowest BCUT2D eigenvalue weighted by molar-refractivity contribution is -0.138. The molecule has 3 aromatic rings. The van der Waals surface area contributed by atoms with E-state index in [1.165, 1.54) is 30.3 Å². The van der Waals surface area contributed by atoms with Gasteiger partial charge in [0.25, 0.3) is 0 Å². The molecule has 43 heavy (non-hydrogen) atoms. The first-order valence-corrected chi connectivity index (χ1v) is 23.5. The molecule has 0 aliphatic carbocycles. The lowest BCUT2D eigenvalue weighted by Gasteiger charge is -2.40. The fourth-order valence-electron chi connectivity index (χ4n) is 4.60. The van der Waals surface area contributed by atoms with Crippen LogP contribution in [0.5, 0.6) is 0 Å².